The SMILES string of the molecule is CC(C)C(NC(=O)OC(C)(C)C)C(=O)C(Cc1ccccc1)C(=O)c1ccc(F)cc1F. The molecule has 5 nitrogen and oxygen atoms in total. The summed E-state index contributed by atoms with van der Waals surface area (Å²) in [5.74, 6) is -4.84. The molecule has 0 aromatic heterocycles. The van der Waals surface area contributed by atoms with Crippen LogP contribution < -0.4 is 5.32 Å². The van der Waals surface area contributed by atoms with Gasteiger partial charge in [0.2, 0.25) is 0 Å². The molecule has 0 saturated carbocycles. The topological polar surface area (TPSA) is 72.5 Å². The molecule has 0 spiro atoms. The molecule has 2 unspecified atom stereocenters. The van der Waals surface area contributed by atoms with Gasteiger partial charge in [-0.15, -0.1) is 0 Å². The van der Waals surface area contributed by atoms with Crippen molar-refractivity contribution >= 4 is 17.7 Å². The maximum atomic E-state index is 14.4. The normalized spacial score (nSPS) is 13.4. The van der Waals surface area contributed by atoms with E-state index in [0.717, 1.165) is 12.1 Å². The van der Waals surface area contributed by atoms with Gasteiger partial charge in [-0.05, 0) is 50.8 Å². The fourth-order valence-electron chi connectivity index (χ4n) is 3.27. The quantitative estimate of drug-likeness (QED) is 0.452. The molecule has 0 aliphatic rings. The number of alkyl carbamates (subject to hydrolysis) is 1. The van der Waals surface area contributed by atoms with Gasteiger partial charge in [0.15, 0.2) is 11.6 Å². The first-order valence-corrected chi connectivity index (χ1v) is 10.5. The van der Waals surface area contributed by atoms with Crippen LogP contribution in [-0.4, -0.2) is 29.3 Å². The monoisotopic (exact) mass is 445 g/mol. The molecule has 1 N–H and O–H groups in total. The van der Waals surface area contributed by atoms with Gasteiger partial charge in [0.1, 0.15) is 17.2 Å². The van der Waals surface area contributed by atoms with E-state index in [1.165, 1.54) is 0 Å². The highest BCUT2D eigenvalue weighted by molar-refractivity contribution is 6.12. The molecule has 1 amide bonds. The minimum absolute atomic E-state index is 0.00847. The van der Waals surface area contributed by atoms with E-state index in [-0.39, 0.29) is 17.9 Å². The summed E-state index contributed by atoms with van der Waals surface area (Å²) >= 11 is 0. The number of ketones is 2. The van der Waals surface area contributed by atoms with E-state index >= 15 is 0 Å². The molecule has 0 heterocycles. The van der Waals surface area contributed by atoms with E-state index in [1.54, 1.807) is 65.0 Å². The number of carbonyl (C=O) groups is 3. The number of halogens is 2. The van der Waals surface area contributed by atoms with Gasteiger partial charge in [-0.3, -0.25) is 9.59 Å². The van der Waals surface area contributed by atoms with Gasteiger partial charge in [-0.25, -0.2) is 13.6 Å². The molecule has 2 atom stereocenters. The highest BCUT2D eigenvalue weighted by Gasteiger charge is 2.37. The van der Waals surface area contributed by atoms with Gasteiger partial charge in [0, 0.05) is 6.07 Å². The Morgan fingerprint density at radius 2 is 1.62 bits per heavy atom. The molecular weight excluding hydrogens is 416 g/mol. The number of rotatable bonds is 8. The van der Waals surface area contributed by atoms with Crippen LogP contribution in [0.2, 0.25) is 0 Å². The third-order valence-corrected chi connectivity index (χ3v) is 4.78. The van der Waals surface area contributed by atoms with Crippen LogP contribution in [-0.2, 0) is 16.0 Å². The number of nitrogens with one attached hydrogen (secondary N) is 1. The number of hydrogen-bond donors (Lipinski definition) is 1. The summed E-state index contributed by atoms with van der Waals surface area (Å²) in [5.41, 5.74) is -0.451. The number of benzene rings is 2. The molecule has 7 heteroatoms. The van der Waals surface area contributed by atoms with Crippen molar-refractivity contribution in [1.29, 1.82) is 0 Å². The van der Waals surface area contributed by atoms with Gasteiger partial charge in [0.05, 0.1) is 17.5 Å². The Balaban J connectivity index is 2.40. The lowest BCUT2D eigenvalue weighted by Crippen LogP contribution is -2.50. The van der Waals surface area contributed by atoms with Gasteiger partial charge < -0.3 is 10.1 Å². The third-order valence-electron chi connectivity index (χ3n) is 4.78. The van der Waals surface area contributed by atoms with E-state index in [9.17, 15) is 23.2 Å². The molecule has 0 saturated heterocycles. The maximum Gasteiger partial charge on any atom is 0.408 e. The molecule has 32 heavy (non-hydrogen) atoms. The van der Waals surface area contributed by atoms with Gasteiger partial charge in [0.25, 0.3) is 0 Å². The number of Topliss-reactive ketones (excluding diaryl/α,β-unsaturated/α-hetero) is 2. The lowest BCUT2D eigenvalue weighted by atomic mass is 9.82. The van der Waals surface area contributed by atoms with E-state index < -0.39 is 46.9 Å². The Morgan fingerprint density at radius 3 is 2.16 bits per heavy atom. The van der Waals surface area contributed by atoms with Crippen molar-refractivity contribution in [2.24, 2.45) is 11.8 Å². The number of hydrogen-bond acceptors (Lipinski definition) is 4. The third kappa shape index (κ3) is 6.97. The van der Waals surface area contributed by atoms with Crippen LogP contribution in [0.1, 0.15) is 50.5 Å². The second kappa shape index (κ2) is 10.5. The van der Waals surface area contributed by atoms with Gasteiger partial charge in [-0.1, -0.05) is 44.2 Å². The first kappa shape index (κ1) is 25.2. The molecule has 2 rings (SSSR count). The molecule has 2 aromatic rings. The van der Waals surface area contributed by atoms with Crippen molar-refractivity contribution in [2.75, 3.05) is 0 Å². The van der Waals surface area contributed by atoms with Crippen molar-refractivity contribution in [3.63, 3.8) is 0 Å². The zero-order valence-electron chi connectivity index (χ0n) is 18.9. The fraction of sp³-hybridized carbons (Fsp3) is 0.400. The predicted octanol–water partition coefficient (Wildman–Crippen LogP) is 5.12. The van der Waals surface area contributed by atoms with E-state index in [2.05, 4.69) is 5.32 Å². The molecule has 2 aromatic carbocycles. The van der Waals surface area contributed by atoms with Gasteiger partial charge in [-0.2, -0.15) is 0 Å². The van der Waals surface area contributed by atoms with Crippen molar-refractivity contribution in [3.05, 3.63) is 71.3 Å². The zero-order valence-corrected chi connectivity index (χ0v) is 18.9. The van der Waals surface area contributed by atoms with E-state index in [0.29, 0.717) is 11.6 Å². The highest BCUT2D eigenvalue weighted by atomic mass is 19.1. The Labute approximate surface area is 187 Å². The molecule has 0 bridgehead atoms. The van der Waals surface area contributed by atoms with Crippen LogP contribution >= 0.6 is 0 Å². The lowest BCUT2D eigenvalue weighted by molar-refractivity contribution is -0.124. The summed E-state index contributed by atoms with van der Waals surface area (Å²) in [4.78, 5) is 39.1. The van der Waals surface area contributed by atoms with Crippen LogP contribution in [0.3, 0.4) is 0 Å². The maximum absolute atomic E-state index is 14.4. The molecule has 0 aliphatic carbocycles. The molecule has 0 radical (unpaired) electrons. The molecule has 0 fully saturated rings. The summed E-state index contributed by atoms with van der Waals surface area (Å²) in [6, 6.07) is 10.4. The second-order valence-corrected chi connectivity index (χ2v) is 9.00. The Hall–Kier alpha value is -3.09. The Bertz CT molecular complexity index is 968. The first-order valence-electron chi connectivity index (χ1n) is 10.5. The Morgan fingerprint density at radius 1 is 1.00 bits per heavy atom. The largest absolute Gasteiger partial charge is 0.444 e. The van der Waals surface area contributed by atoms with Gasteiger partial charge >= 0.3 is 6.09 Å². The molecule has 0 aliphatic heterocycles. The summed E-state index contributed by atoms with van der Waals surface area (Å²) in [5, 5.41) is 2.55. The minimum Gasteiger partial charge on any atom is -0.444 e. The summed E-state index contributed by atoms with van der Waals surface area (Å²) < 4.78 is 33.0. The smallest absolute Gasteiger partial charge is 0.408 e. The summed E-state index contributed by atoms with van der Waals surface area (Å²) in [6.07, 6.45) is -0.780. The van der Waals surface area contributed by atoms with E-state index in [4.69, 9.17) is 4.74 Å². The van der Waals surface area contributed by atoms with Crippen molar-refractivity contribution in [3.8, 4) is 0 Å². The minimum atomic E-state index is -1.28. The average Bonchev–Trinajstić information content (AvgIpc) is 2.68. The number of amides is 1. The first-order chi connectivity index (χ1) is 14.9. The molecule has 172 valence electrons. The van der Waals surface area contributed by atoms with Crippen LogP contribution in [0.5, 0.6) is 0 Å². The van der Waals surface area contributed by atoms with Crippen molar-refractivity contribution in [2.45, 2.75) is 52.7 Å². The van der Waals surface area contributed by atoms with Crippen LogP contribution in [0.25, 0.3) is 0 Å². The average molecular weight is 446 g/mol. The second-order valence-electron chi connectivity index (χ2n) is 9.00. The summed E-state index contributed by atoms with van der Waals surface area (Å²) in [6.45, 7) is 8.53. The van der Waals surface area contributed by atoms with Crippen LogP contribution in [0.15, 0.2) is 48.5 Å². The predicted molar refractivity (Wildman–Crippen MR) is 117 cm³/mol. The highest BCUT2D eigenvalue weighted by Crippen LogP contribution is 2.22. The van der Waals surface area contributed by atoms with Crippen LogP contribution in [0.4, 0.5) is 13.6 Å². The number of carbonyl (C=O) groups excluding carboxylic acids is 3. The molecular formula is C25H29F2NO4. The standard InChI is InChI=1S/C25H29F2NO4/c1-15(2)21(28-24(31)32-25(3,4)5)23(30)19(13-16-9-7-6-8-10-16)22(29)18-12-11-17(26)14-20(18)27/h6-12,14-15,19,21H,13H2,1-5H3,(H,28,31). The van der Waals surface area contributed by atoms with Crippen molar-refractivity contribution in [1.82, 2.24) is 5.32 Å². The van der Waals surface area contributed by atoms with Crippen molar-refractivity contribution < 1.29 is 27.9 Å². The lowest BCUT2D eigenvalue weighted by Gasteiger charge is -2.27. The van der Waals surface area contributed by atoms with Crippen LogP contribution in [0, 0.1) is 23.5 Å². The Kier molecular flexibility index (Phi) is 8.25. The number of ether oxygens (including phenoxy) is 1. The fourth-order valence-corrected chi connectivity index (χ4v) is 3.27. The summed E-state index contributed by atoms with van der Waals surface area (Å²) in [7, 11) is 0. The van der Waals surface area contributed by atoms with E-state index in [1.807, 2.05) is 0 Å². The zero-order chi connectivity index (χ0) is 24.1.